The van der Waals surface area contributed by atoms with Crippen molar-refractivity contribution in [2.24, 2.45) is 4.40 Å². The summed E-state index contributed by atoms with van der Waals surface area (Å²) in [5.74, 6) is 0.0716. The summed E-state index contributed by atoms with van der Waals surface area (Å²) in [5, 5.41) is 0.0595. The molecule has 2 aromatic carbocycles. The van der Waals surface area contributed by atoms with Crippen molar-refractivity contribution in [3.8, 4) is 11.5 Å². The van der Waals surface area contributed by atoms with Gasteiger partial charge >= 0.3 is 0 Å². The van der Waals surface area contributed by atoms with E-state index in [0.717, 1.165) is 19.3 Å². The fourth-order valence-corrected chi connectivity index (χ4v) is 5.47. The first-order valence-corrected chi connectivity index (χ1v) is 12.1. The monoisotopic (exact) mass is 490 g/mol. The van der Waals surface area contributed by atoms with Crippen LogP contribution in [0.1, 0.15) is 46.4 Å². The van der Waals surface area contributed by atoms with Gasteiger partial charge in [0.05, 0.1) is 16.3 Å². The average molecular weight is 491 g/mol. The lowest BCUT2D eigenvalue weighted by atomic mass is 10.1. The number of rotatable bonds is 2. The molecule has 3 aliphatic rings. The van der Waals surface area contributed by atoms with E-state index in [2.05, 4.69) is 15.2 Å². The minimum Gasteiger partial charge on any atom is -0.454 e. The van der Waals surface area contributed by atoms with E-state index in [1.807, 2.05) is 4.90 Å². The van der Waals surface area contributed by atoms with E-state index in [-0.39, 0.29) is 27.8 Å². The smallest absolute Gasteiger partial charge is 0.286 e. The largest absolute Gasteiger partial charge is 0.454 e. The molecule has 3 aliphatic heterocycles. The molecule has 2 N–H and O–H groups in total. The topological polar surface area (TPSA) is 126 Å². The molecule has 12 heteroatoms. The molecular formula is C21H19ClN4O6S. The highest BCUT2D eigenvalue weighted by molar-refractivity contribution is 7.90. The molecule has 1 saturated heterocycles. The van der Waals surface area contributed by atoms with E-state index >= 15 is 0 Å². The molecule has 2 amide bonds. The quantitative estimate of drug-likeness (QED) is 0.619. The first kappa shape index (κ1) is 21.5. The van der Waals surface area contributed by atoms with Gasteiger partial charge in [0, 0.05) is 18.5 Å². The number of nitrogens with one attached hydrogen (secondary N) is 2. The molecule has 10 nitrogen and oxygen atoms in total. The minimum absolute atomic E-state index is 0.0595. The van der Waals surface area contributed by atoms with Crippen LogP contribution in [0.3, 0.4) is 0 Å². The number of anilines is 1. The molecule has 0 saturated carbocycles. The second-order valence-electron chi connectivity index (χ2n) is 7.72. The van der Waals surface area contributed by atoms with Crippen molar-refractivity contribution >= 4 is 45.0 Å². The summed E-state index contributed by atoms with van der Waals surface area (Å²) in [7, 11) is -3.99. The van der Waals surface area contributed by atoms with Crippen molar-refractivity contribution in [3.05, 3.63) is 46.5 Å². The Hall–Kier alpha value is -3.31. The molecule has 172 valence electrons. The normalized spacial score (nSPS) is 17.8. The number of hydrogen-bond donors (Lipinski definition) is 2. The highest BCUT2D eigenvalue weighted by Gasteiger charge is 2.33. The summed E-state index contributed by atoms with van der Waals surface area (Å²) >= 11 is 6.35. The molecule has 0 spiro atoms. The van der Waals surface area contributed by atoms with Crippen LogP contribution in [0.5, 0.6) is 11.5 Å². The first-order chi connectivity index (χ1) is 15.8. The molecule has 1 fully saturated rings. The Labute approximate surface area is 194 Å². The molecule has 33 heavy (non-hydrogen) atoms. The highest BCUT2D eigenvalue weighted by atomic mass is 35.5. The number of hydrazine groups is 1. The van der Waals surface area contributed by atoms with E-state index in [4.69, 9.17) is 21.1 Å². The van der Waals surface area contributed by atoms with Gasteiger partial charge in [-0.05, 0) is 43.2 Å². The number of nitrogens with zero attached hydrogens (tertiary/aromatic N) is 2. The van der Waals surface area contributed by atoms with E-state index in [1.54, 1.807) is 6.07 Å². The number of amides is 2. The zero-order valence-electron chi connectivity index (χ0n) is 17.3. The third kappa shape index (κ3) is 3.98. The average Bonchev–Trinajstić information content (AvgIpc) is 3.14. The van der Waals surface area contributed by atoms with Gasteiger partial charge in [-0.1, -0.05) is 18.0 Å². The summed E-state index contributed by atoms with van der Waals surface area (Å²) in [5.41, 5.74) is 5.11. The zero-order valence-corrected chi connectivity index (χ0v) is 18.8. The molecule has 0 aromatic heterocycles. The second-order valence-corrected chi connectivity index (χ2v) is 9.70. The van der Waals surface area contributed by atoms with Crippen molar-refractivity contribution in [2.75, 3.05) is 18.2 Å². The maximum atomic E-state index is 12.8. The van der Waals surface area contributed by atoms with Crippen LogP contribution in [0, 0.1) is 0 Å². The highest BCUT2D eigenvalue weighted by Crippen LogP contribution is 2.38. The van der Waals surface area contributed by atoms with Crippen molar-refractivity contribution in [3.63, 3.8) is 0 Å². The molecular weight excluding hydrogens is 472 g/mol. The van der Waals surface area contributed by atoms with Gasteiger partial charge < -0.3 is 14.4 Å². The SMILES string of the molecule is O=C(NNC(=O)c1cc2c(cc1Cl)N1CCCCCC1=NS2(=O)=O)c1ccc2c(c1)OCO2. The lowest BCUT2D eigenvalue weighted by Crippen LogP contribution is -2.42. The van der Waals surface area contributed by atoms with Gasteiger partial charge in [-0.2, -0.15) is 8.42 Å². The number of fused-ring (bicyclic) bond motifs is 4. The van der Waals surface area contributed by atoms with E-state index in [9.17, 15) is 18.0 Å². The predicted octanol–water partition coefficient (Wildman–Crippen LogP) is 2.62. The fourth-order valence-electron chi connectivity index (χ4n) is 3.96. The Kier molecular flexibility index (Phi) is 5.37. The molecule has 0 aliphatic carbocycles. The summed E-state index contributed by atoms with van der Waals surface area (Å²) < 4.78 is 40.0. The van der Waals surface area contributed by atoms with Gasteiger partial charge in [0.15, 0.2) is 11.5 Å². The van der Waals surface area contributed by atoms with Crippen LogP contribution in [-0.2, 0) is 10.0 Å². The van der Waals surface area contributed by atoms with Crippen molar-refractivity contribution in [1.29, 1.82) is 0 Å². The lowest BCUT2D eigenvalue weighted by molar-refractivity contribution is 0.0846. The Bertz CT molecular complexity index is 1310. The number of carbonyl (C=O) groups excluding carboxylic acids is 2. The third-order valence-electron chi connectivity index (χ3n) is 5.61. The van der Waals surface area contributed by atoms with Gasteiger partial charge in [0.2, 0.25) is 6.79 Å². The molecule has 0 bridgehead atoms. The van der Waals surface area contributed by atoms with Crippen LogP contribution in [0.4, 0.5) is 5.69 Å². The Morgan fingerprint density at radius 1 is 1.00 bits per heavy atom. The maximum absolute atomic E-state index is 12.8. The van der Waals surface area contributed by atoms with E-state index in [0.29, 0.717) is 36.0 Å². The molecule has 0 atom stereocenters. The predicted molar refractivity (Wildman–Crippen MR) is 119 cm³/mol. The van der Waals surface area contributed by atoms with Gasteiger partial charge in [0.25, 0.3) is 21.8 Å². The summed E-state index contributed by atoms with van der Waals surface area (Å²) in [6.07, 6.45) is 3.29. The summed E-state index contributed by atoms with van der Waals surface area (Å²) in [6.45, 7) is 0.689. The zero-order chi connectivity index (χ0) is 23.2. The standard InChI is InChI=1S/C21H19ClN4O6S/c22-14-10-15-18(33(29,30)25-19-4-2-1-3-7-26(15)19)9-13(14)21(28)24-23-20(27)12-5-6-16-17(8-12)32-11-31-16/h5-6,8-10H,1-4,7,11H2,(H,23,27)(H,24,28). The first-order valence-electron chi connectivity index (χ1n) is 10.3. The van der Waals surface area contributed by atoms with Gasteiger partial charge in [-0.25, -0.2) is 0 Å². The van der Waals surface area contributed by atoms with Crippen LogP contribution in [0.2, 0.25) is 5.02 Å². The van der Waals surface area contributed by atoms with Crippen LogP contribution in [0.15, 0.2) is 39.6 Å². The Balaban J connectivity index is 1.37. The van der Waals surface area contributed by atoms with Crippen molar-refractivity contribution in [2.45, 2.75) is 30.6 Å². The molecule has 5 rings (SSSR count). The van der Waals surface area contributed by atoms with Crippen LogP contribution in [-0.4, -0.2) is 39.4 Å². The van der Waals surface area contributed by atoms with Crippen LogP contribution in [0.25, 0.3) is 0 Å². The fraction of sp³-hybridized carbons (Fsp3) is 0.286. The number of benzene rings is 2. The van der Waals surface area contributed by atoms with Gasteiger partial charge in [-0.15, -0.1) is 4.40 Å². The van der Waals surface area contributed by atoms with Gasteiger partial charge in [0.1, 0.15) is 10.7 Å². The van der Waals surface area contributed by atoms with Crippen LogP contribution >= 0.6 is 11.6 Å². The molecule has 0 unspecified atom stereocenters. The third-order valence-corrected chi connectivity index (χ3v) is 7.25. The number of amidine groups is 1. The van der Waals surface area contributed by atoms with Gasteiger partial charge in [-0.3, -0.25) is 20.4 Å². The molecule has 3 heterocycles. The maximum Gasteiger partial charge on any atom is 0.286 e. The Morgan fingerprint density at radius 3 is 2.64 bits per heavy atom. The second kappa shape index (κ2) is 8.23. The number of carbonyl (C=O) groups is 2. The number of hydrogen-bond acceptors (Lipinski definition) is 7. The summed E-state index contributed by atoms with van der Waals surface area (Å²) in [6, 6.07) is 7.24. The number of ether oxygens (including phenoxy) is 2. The van der Waals surface area contributed by atoms with Crippen LogP contribution < -0.4 is 25.2 Å². The Morgan fingerprint density at radius 2 is 1.79 bits per heavy atom. The minimum atomic E-state index is -3.99. The number of sulfonamides is 1. The number of halogens is 1. The van der Waals surface area contributed by atoms with E-state index in [1.165, 1.54) is 24.3 Å². The molecule has 0 radical (unpaired) electrons. The van der Waals surface area contributed by atoms with Crippen molar-refractivity contribution < 1.29 is 27.5 Å². The van der Waals surface area contributed by atoms with Crippen molar-refractivity contribution in [1.82, 2.24) is 10.9 Å². The molecule has 2 aromatic rings. The lowest BCUT2D eigenvalue weighted by Gasteiger charge is -2.30. The van der Waals surface area contributed by atoms with E-state index < -0.39 is 21.8 Å². The summed E-state index contributed by atoms with van der Waals surface area (Å²) in [4.78, 5) is 26.9.